The molecule has 0 radical (unpaired) electrons. The minimum atomic E-state index is -0.310. The Morgan fingerprint density at radius 3 is 2.16 bits per heavy atom. The van der Waals surface area contributed by atoms with Crippen molar-refractivity contribution in [2.45, 2.75) is 26.6 Å². The number of nitrogens with one attached hydrogen (secondary N) is 1. The summed E-state index contributed by atoms with van der Waals surface area (Å²) in [4.78, 5) is 29.2. The van der Waals surface area contributed by atoms with Crippen molar-refractivity contribution >= 4 is 11.9 Å². The first-order valence-corrected chi connectivity index (χ1v) is 10.6. The van der Waals surface area contributed by atoms with E-state index in [1.54, 1.807) is 11.0 Å². The molecule has 1 aromatic heterocycles. The Morgan fingerprint density at radius 2 is 1.56 bits per heavy atom. The number of aryl methyl sites for hydroxylation is 1. The van der Waals surface area contributed by atoms with Crippen molar-refractivity contribution in [1.82, 2.24) is 15.1 Å². The second kappa shape index (κ2) is 11.6. The molecule has 0 aliphatic rings. The van der Waals surface area contributed by atoms with Crippen LogP contribution in [0.3, 0.4) is 0 Å². The maximum absolute atomic E-state index is 13.3. The lowest BCUT2D eigenvalue weighted by molar-refractivity contribution is -0.133. The molecule has 1 N–H and O–H groups in total. The molecule has 0 spiro atoms. The normalized spacial score (nSPS) is 10.4. The number of furan rings is 1. The molecule has 0 unspecified atom stereocenters. The van der Waals surface area contributed by atoms with Gasteiger partial charge in [-0.1, -0.05) is 66.7 Å². The lowest BCUT2D eigenvalue weighted by Crippen LogP contribution is -2.46. The number of nitrogens with zero attached hydrogens (tertiary/aromatic N) is 2. The van der Waals surface area contributed by atoms with Gasteiger partial charge in [0.05, 0.1) is 6.54 Å². The van der Waals surface area contributed by atoms with Gasteiger partial charge < -0.3 is 19.5 Å². The molecule has 0 aliphatic carbocycles. The minimum absolute atomic E-state index is 0.0564. The van der Waals surface area contributed by atoms with Gasteiger partial charge in [-0.3, -0.25) is 4.79 Å². The van der Waals surface area contributed by atoms with Gasteiger partial charge in [0.2, 0.25) is 5.91 Å². The van der Waals surface area contributed by atoms with Gasteiger partial charge in [-0.2, -0.15) is 0 Å². The molecule has 166 valence electrons. The fourth-order valence-corrected chi connectivity index (χ4v) is 3.32. The van der Waals surface area contributed by atoms with Crippen LogP contribution in [-0.4, -0.2) is 34.8 Å². The molecule has 6 nitrogen and oxygen atoms in total. The summed E-state index contributed by atoms with van der Waals surface area (Å²) in [6.45, 7) is 6.96. The molecule has 0 aliphatic heterocycles. The Hall–Kier alpha value is -3.80. The summed E-state index contributed by atoms with van der Waals surface area (Å²) in [5.41, 5.74) is 2.00. The van der Waals surface area contributed by atoms with Gasteiger partial charge >= 0.3 is 6.03 Å². The van der Waals surface area contributed by atoms with Crippen LogP contribution < -0.4 is 5.32 Å². The van der Waals surface area contributed by atoms with Crippen LogP contribution in [0.1, 0.15) is 22.6 Å². The quantitative estimate of drug-likeness (QED) is 0.480. The van der Waals surface area contributed by atoms with E-state index in [0.29, 0.717) is 25.4 Å². The van der Waals surface area contributed by atoms with E-state index in [1.165, 1.54) is 4.90 Å². The highest BCUT2D eigenvalue weighted by Crippen LogP contribution is 2.14. The number of urea groups is 1. The van der Waals surface area contributed by atoms with Gasteiger partial charge in [-0.05, 0) is 30.2 Å². The van der Waals surface area contributed by atoms with Crippen molar-refractivity contribution in [3.63, 3.8) is 0 Å². The highest BCUT2D eigenvalue weighted by molar-refractivity contribution is 5.84. The number of carbonyl (C=O) groups is 2. The number of hydrogen-bond acceptors (Lipinski definition) is 3. The van der Waals surface area contributed by atoms with Crippen LogP contribution in [-0.2, 0) is 24.4 Å². The molecule has 0 saturated carbocycles. The van der Waals surface area contributed by atoms with Crippen LogP contribution in [0.2, 0.25) is 0 Å². The topological polar surface area (TPSA) is 65.8 Å². The standard InChI is InChI=1S/C26H29N3O3/c1-3-16-28(26(31)27-17-22-10-6-4-7-11-22)20-25(30)29(18-23-12-8-5-9-13-23)19-24-15-14-21(2)32-24/h3-15H,1,16-20H2,2H3,(H,27,31). The molecule has 6 heteroatoms. The zero-order valence-electron chi connectivity index (χ0n) is 18.4. The second-order valence-corrected chi connectivity index (χ2v) is 7.56. The summed E-state index contributed by atoms with van der Waals surface area (Å²) >= 11 is 0. The van der Waals surface area contributed by atoms with Crippen molar-refractivity contribution in [3.05, 3.63) is 108 Å². The van der Waals surface area contributed by atoms with E-state index in [1.807, 2.05) is 79.7 Å². The fraction of sp³-hybridized carbons (Fsp3) is 0.231. The Morgan fingerprint density at radius 1 is 0.906 bits per heavy atom. The maximum Gasteiger partial charge on any atom is 0.318 e. The van der Waals surface area contributed by atoms with E-state index in [4.69, 9.17) is 4.42 Å². The molecule has 2 aromatic carbocycles. The molecule has 3 aromatic rings. The van der Waals surface area contributed by atoms with Gasteiger partial charge in [0.1, 0.15) is 18.1 Å². The predicted molar refractivity (Wildman–Crippen MR) is 125 cm³/mol. The van der Waals surface area contributed by atoms with Crippen molar-refractivity contribution in [1.29, 1.82) is 0 Å². The molecule has 0 atom stereocenters. The Bertz CT molecular complexity index is 1020. The summed E-state index contributed by atoms with van der Waals surface area (Å²) < 4.78 is 5.69. The van der Waals surface area contributed by atoms with Gasteiger partial charge in [0.15, 0.2) is 0 Å². The number of hydrogen-bond donors (Lipinski definition) is 1. The van der Waals surface area contributed by atoms with Gasteiger partial charge in [0.25, 0.3) is 0 Å². The third-order valence-electron chi connectivity index (χ3n) is 4.96. The van der Waals surface area contributed by atoms with Crippen molar-refractivity contribution in [3.8, 4) is 0 Å². The van der Waals surface area contributed by atoms with Crippen LogP contribution in [0.25, 0.3) is 0 Å². The molecular formula is C26H29N3O3. The van der Waals surface area contributed by atoms with E-state index in [9.17, 15) is 9.59 Å². The molecule has 0 saturated heterocycles. The minimum Gasteiger partial charge on any atom is -0.464 e. The van der Waals surface area contributed by atoms with Crippen LogP contribution in [0.4, 0.5) is 4.79 Å². The zero-order valence-corrected chi connectivity index (χ0v) is 18.4. The second-order valence-electron chi connectivity index (χ2n) is 7.56. The summed E-state index contributed by atoms with van der Waals surface area (Å²) in [5.74, 6) is 1.33. The van der Waals surface area contributed by atoms with E-state index in [2.05, 4.69) is 11.9 Å². The first-order chi connectivity index (χ1) is 15.5. The summed E-state index contributed by atoms with van der Waals surface area (Å²) in [7, 11) is 0. The molecule has 1 heterocycles. The van der Waals surface area contributed by atoms with E-state index >= 15 is 0 Å². The summed E-state index contributed by atoms with van der Waals surface area (Å²) in [5, 5.41) is 2.88. The average Bonchev–Trinajstić information content (AvgIpc) is 3.22. The molecule has 0 bridgehead atoms. The molecular weight excluding hydrogens is 402 g/mol. The van der Waals surface area contributed by atoms with Crippen LogP contribution in [0.5, 0.6) is 0 Å². The largest absolute Gasteiger partial charge is 0.464 e. The zero-order chi connectivity index (χ0) is 22.8. The molecule has 3 amide bonds. The highest BCUT2D eigenvalue weighted by Gasteiger charge is 2.22. The van der Waals surface area contributed by atoms with E-state index in [0.717, 1.165) is 16.9 Å². The number of rotatable bonds is 10. The lowest BCUT2D eigenvalue weighted by Gasteiger charge is -2.27. The molecule has 32 heavy (non-hydrogen) atoms. The van der Waals surface area contributed by atoms with Crippen LogP contribution in [0.15, 0.2) is 89.9 Å². The highest BCUT2D eigenvalue weighted by atomic mass is 16.3. The first kappa shape index (κ1) is 22.9. The Kier molecular flexibility index (Phi) is 8.26. The maximum atomic E-state index is 13.3. The Balaban J connectivity index is 1.69. The SMILES string of the molecule is C=CCN(CC(=O)N(Cc1ccccc1)Cc1ccc(C)o1)C(=O)NCc1ccccc1. The van der Waals surface area contributed by atoms with Gasteiger partial charge in [-0.25, -0.2) is 4.79 Å². The lowest BCUT2D eigenvalue weighted by atomic mass is 10.2. The van der Waals surface area contributed by atoms with E-state index < -0.39 is 0 Å². The van der Waals surface area contributed by atoms with E-state index in [-0.39, 0.29) is 25.0 Å². The molecule has 3 rings (SSSR count). The van der Waals surface area contributed by atoms with Crippen molar-refractivity contribution in [2.75, 3.05) is 13.1 Å². The monoisotopic (exact) mass is 431 g/mol. The van der Waals surface area contributed by atoms with Gasteiger partial charge in [-0.15, -0.1) is 6.58 Å². The number of benzene rings is 2. The summed E-state index contributed by atoms with van der Waals surface area (Å²) in [6, 6.07) is 22.9. The average molecular weight is 432 g/mol. The molecule has 0 fully saturated rings. The third kappa shape index (κ3) is 6.87. The van der Waals surface area contributed by atoms with Gasteiger partial charge in [0, 0.05) is 19.6 Å². The smallest absolute Gasteiger partial charge is 0.318 e. The Labute approximate surface area is 189 Å². The first-order valence-electron chi connectivity index (χ1n) is 10.6. The fourth-order valence-electron chi connectivity index (χ4n) is 3.32. The van der Waals surface area contributed by atoms with Crippen LogP contribution in [0, 0.1) is 6.92 Å². The van der Waals surface area contributed by atoms with Crippen molar-refractivity contribution < 1.29 is 14.0 Å². The van der Waals surface area contributed by atoms with Crippen LogP contribution >= 0.6 is 0 Å². The third-order valence-corrected chi connectivity index (χ3v) is 4.96. The number of amides is 3. The number of carbonyl (C=O) groups excluding carboxylic acids is 2. The summed E-state index contributed by atoms with van der Waals surface area (Å²) in [6.07, 6.45) is 1.62. The van der Waals surface area contributed by atoms with Crippen molar-refractivity contribution in [2.24, 2.45) is 0 Å². The predicted octanol–water partition coefficient (Wildman–Crippen LogP) is 4.51.